The van der Waals surface area contributed by atoms with Crippen molar-refractivity contribution in [2.24, 2.45) is 5.10 Å². The Morgan fingerprint density at radius 3 is 2.50 bits per heavy atom. The highest BCUT2D eigenvalue weighted by Gasteiger charge is 2.15. The molecule has 0 saturated carbocycles. The molecule has 98 valence electrons. The Balaban J connectivity index is 2.44. The third-order valence-electron chi connectivity index (χ3n) is 2.18. The van der Waals surface area contributed by atoms with Gasteiger partial charge in [-0.1, -0.05) is 37.3 Å². The molecule has 4 heteroatoms. The van der Waals surface area contributed by atoms with Crippen molar-refractivity contribution < 1.29 is 9.53 Å². The van der Waals surface area contributed by atoms with E-state index in [1.807, 2.05) is 58.0 Å². The third-order valence-corrected chi connectivity index (χ3v) is 2.18. The van der Waals surface area contributed by atoms with Crippen LogP contribution in [-0.2, 0) is 4.74 Å². The lowest BCUT2D eigenvalue weighted by Gasteiger charge is -2.18. The van der Waals surface area contributed by atoms with Crippen LogP contribution in [0.15, 0.2) is 35.4 Å². The first-order valence-electron chi connectivity index (χ1n) is 5.95. The number of hydrazone groups is 1. The van der Waals surface area contributed by atoms with E-state index in [0.29, 0.717) is 0 Å². The third kappa shape index (κ3) is 5.48. The van der Waals surface area contributed by atoms with E-state index in [2.05, 4.69) is 10.5 Å². The molecule has 0 bridgehead atoms. The Morgan fingerprint density at radius 1 is 1.33 bits per heavy atom. The molecule has 1 amide bonds. The maximum Gasteiger partial charge on any atom is 0.428 e. The molecule has 1 rings (SSSR count). The molecule has 0 aliphatic rings. The summed E-state index contributed by atoms with van der Waals surface area (Å²) in [4.78, 5) is 11.3. The highest BCUT2D eigenvalue weighted by atomic mass is 16.6. The Bertz CT molecular complexity index is 408. The summed E-state index contributed by atoms with van der Waals surface area (Å²) in [6, 6.07) is 9.95. The van der Waals surface area contributed by atoms with E-state index in [9.17, 15) is 4.79 Å². The highest BCUT2D eigenvalue weighted by molar-refractivity contribution is 5.72. The van der Waals surface area contributed by atoms with Crippen LogP contribution in [0.1, 0.15) is 39.2 Å². The van der Waals surface area contributed by atoms with E-state index in [1.54, 1.807) is 6.21 Å². The summed E-state index contributed by atoms with van der Waals surface area (Å²) in [5.74, 6) is 0.140. The van der Waals surface area contributed by atoms with Gasteiger partial charge in [-0.25, -0.2) is 10.2 Å². The molecule has 4 nitrogen and oxygen atoms in total. The maximum absolute atomic E-state index is 11.3. The summed E-state index contributed by atoms with van der Waals surface area (Å²) >= 11 is 0. The topological polar surface area (TPSA) is 50.7 Å². The van der Waals surface area contributed by atoms with Crippen LogP contribution in [0.3, 0.4) is 0 Å². The standard InChI is InChI=1S/C14H20N2O2/c1-11(12-8-6-5-7-9-12)10-15-16-13(17)18-14(2,3)4/h5-11H,1-4H3,(H,16,17)/b15-10+. The summed E-state index contributed by atoms with van der Waals surface area (Å²) < 4.78 is 5.06. The summed E-state index contributed by atoms with van der Waals surface area (Å²) in [5.41, 5.74) is 2.98. The smallest absolute Gasteiger partial charge is 0.428 e. The molecule has 0 aliphatic carbocycles. The minimum Gasteiger partial charge on any atom is -0.443 e. The van der Waals surface area contributed by atoms with Crippen molar-refractivity contribution in [3.8, 4) is 0 Å². The van der Waals surface area contributed by atoms with Crippen molar-refractivity contribution in [2.45, 2.75) is 39.2 Å². The minimum atomic E-state index is -0.543. The van der Waals surface area contributed by atoms with E-state index >= 15 is 0 Å². The van der Waals surface area contributed by atoms with Gasteiger partial charge in [-0.3, -0.25) is 0 Å². The number of amides is 1. The van der Waals surface area contributed by atoms with E-state index in [1.165, 1.54) is 0 Å². The number of ether oxygens (including phenoxy) is 1. The van der Waals surface area contributed by atoms with Crippen LogP contribution in [0.2, 0.25) is 0 Å². The number of nitrogens with one attached hydrogen (secondary N) is 1. The number of hydrogen-bond donors (Lipinski definition) is 1. The van der Waals surface area contributed by atoms with Crippen LogP contribution in [0.4, 0.5) is 4.79 Å². The van der Waals surface area contributed by atoms with Crippen molar-refractivity contribution in [1.29, 1.82) is 0 Å². The average molecular weight is 248 g/mol. The fourth-order valence-corrected chi connectivity index (χ4v) is 1.35. The molecule has 0 heterocycles. The van der Waals surface area contributed by atoms with Crippen molar-refractivity contribution in [1.82, 2.24) is 5.43 Å². The molecule has 0 aromatic heterocycles. The Kier molecular flexibility index (Phi) is 4.89. The van der Waals surface area contributed by atoms with Gasteiger partial charge in [0.15, 0.2) is 0 Å². The van der Waals surface area contributed by atoms with E-state index in [4.69, 9.17) is 4.74 Å². The lowest BCUT2D eigenvalue weighted by molar-refractivity contribution is 0.0529. The first-order valence-corrected chi connectivity index (χ1v) is 5.95. The molecule has 1 atom stereocenters. The van der Waals surface area contributed by atoms with Crippen molar-refractivity contribution in [3.05, 3.63) is 35.9 Å². The van der Waals surface area contributed by atoms with Crippen molar-refractivity contribution >= 4 is 12.3 Å². The molecule has 0 radical (unpaired) electrons. The van der Waals surface area contributed by atoms with E-state index < -0.39 is 11.7 Å². The zero-order chi connectivity index (χ0) is 13.6. The molecule has 0 fully saturated rings. The number of carbonyl (C=O) groups excluding carboxylic acids is 1. The Morgan fingerprint density at radius 2 is 1.94 bits per heavy atom. The molecule has 0 aliphatic heterocycles. The normalized spacial score (nSPS) is 13.3. The number of hydrogen-bond acceptors (Lipinski definition) is 3. The lowest BCUT2D eigenvalue weighted by Crippen LogP contribution is -2.29. The molecule has 18 heavy (non-hydrogen) atoms. The van der Waals surface area contributed by atoms with Crippen LogP contribution in [-0.4, -0.2) is 17.9 Å². The van der Waals surface area contributed by atoms with Crippen LogP contribution >= 0.6 is 0 Å². The van der Waals surface area contributed by atoms with Gasteiger partial charge in [0.25, 0.3) is 0 Å². The quantitative estimate of drug-likeness (QED) is 0.659. The fourth-order valence-electron chi connectivity index (χ4n) is 1.35. The summed E-state index contributed by atoms with van der Waals surface area (Å²) in [6.45, 7) is 7.43. The number of nitrogens with zero attached hydrogens (tertiary/aromatic N) is 1. The second-order valence-electron chi connectivity index (χ2n) is 5.09. The minimum absolute atomic E-state index is 0.140. The highest BCUT2D eigenvalue weighted by Crippen LogP contribution is 2.11. The first kappa shape index (κ1) is 14.2. The molecular weight excluding hydrogens is 228 g/mol. The Hall–Kier alpha value is -1.84. The molecule has 0 saturated heterocycles. The van der Waals surface area contributed by atoms with Crippen LogP contribution in [0.5, 0.6) is 0 Å². The molecule has 1 unspecified atom stereocenters. The van der Waals surface area contributed by atoms with Gasteiger partial charge in [0, 0.05) is 12.1 Å². The second-order valence-corrected chi connectivity index (χ2v) is 5.09. The van der Waals surface area contributed by atoms with E-state index in [-0.39, 0.29) is 5.92 Å². The van der Waals surface area contributed by atoms with Gasteiger partial charge in [-0.2, -0.15) is 5.10 Å². The van der Waals surface area contributed by atoms with Crippen LogP contribution in [0.25, 0.3) is 0 Å². The molecule has 1 aromatic carbocycles. The predicted octanol–water partition coefficient (Wildman–Crippen LogP) is 3.30. The monoisotopic (exact) mass is 248 g/mol. The van der Waals surface area contributed by atoms with Crippen LogP contribution < -0.4 is 5.43 Å². The van der Waals surface area contributed by atoms with E-state index in [0.717, 1.165) is 5.56 Å². The number of benzene rings is 1. The summed E-state index contributed by atoms with van der Waals surface area (Å²) in [7, 11) is 0. The van der Waals surface area contributed by atoms with Crippen molar-refractivity contribution in [2.75, 3.05) is 0 Å². The zero-order valence-corrected chi connectivity index (χ0v) is 11.3. The largest absolute Gasteiger partial charge is 0.443 e. The Labute approximate surface area is 108 Å². The molecule has 1 N–H and O–H groups in total. The van der Waals surface area contributed by atoms with Crippen molar-refractivity contribution in [3.63, 3.8) is 0 Å². The van der Waals surface area contributed by atoms with Gasteiger partial charge in [0.05, 0.1) is 0 Å². The van der Waals surface area contributed by atoms with Gasteiger partial charge in [0.1, 0.15) is 5.60 Å². The zero-order valence-electron chi connectivity index (χ0n) is 11.3. The number of carbonyl (C=O) groups is 1. The first-order chi connectivity index (χ1) is 8.38. The van der Waals surface area contributed by atoms with Gasteiger partial charge < -0.3 is 4.74 Å². The summed E-state index contributed by atoms with van der Waals surface area (Å²) in [5, 5.41) is 3.88. The van der Waals surface area contributed by atoms with Gasteiger partial charge in [-0.05, 0) is 26.3 Å². The molecular formula is C14H20N2O2. The molecule has 1 aromatic rings. The second kappa shape index (κ2) is 6.19. The van der Waals surface area contributed by atoms with Gasteiger partial charge in [-0.15, -0.1) is 0 Å². The SMILES string of the molecule is CC(/C=N/NC(=O)OC(C)(C)C)c1ccccc1. The maximum atomic E-state index is 11.3. The van der Waals surface area contributed by atoms with Gasteiger partial charge >= 0.3 is 6.09 Å². The fraction of sp³-hybridized carbons (Fsp3) is 0.429. The summed E-state index contributed by atoms with van der Waals surface area (Å²) in [6.07, 6.45) is 1.14. The van der Waals surface area contributed by atoms with Crippen LogP contribution in [0, 0.1) is 0 Å². The average Bonchev–Trinajstić information content (AvgIpc) is 2.27. The van der Waals surface area contributed by atoms with Gasteiger partial charge in [0.2, 0.25) is 0 Å². The molecule has 0 spiro atoms. The lowest BCUT2D eigenvalue weighted by atomic mass is 10.0. The number of rotatable bonds is 3. The predicted molar refractivity (Wildman–Crippen MR) is 72.7 cm³/mol.